The molecule has 3 amide bonds. The Morgan fingerprint density at radius 2 is 1.62 bits per heavy atom. The van der Waals surface area contributed by atoms with Crippen molar-refractivity contribution < 1.29 is 19.1 Å². The predicted octanol–water partition coefficient (Wildman–Crippen LogP) is 2.03. The van der Waals surface area contributed by atoms with E-state index >= 15 is 0 Å². The van der Waals surface area contributed by atoms with Crippen LogP contribution < -0.4 is 16.0 Å². The van der Waals surface area contributed by atoms with Crippen LogP contribution in [0.2, 0.25) is 0 Å². The molecule has 0 heterocycles. The van der Waals surface area contributed by atoms with Crippen molar-refractivity contribution in [1.29, 1.82) is 0 Å². The van der Waals surface area contributed by atoms with Crippen molar-refractivity contribution in [2.24, 2.45) is 0 Å². The zero-order chi connectivity index (χ0) is 18.9. The van der Waals surface area contributed by atoms with Gasteiger partial charge in [0, 0.05) is 24.0 Å². The second-order valence-electron chi connectivity index (χ2n) is 5.61. The van der Waals surface area contributed by atoms with Crippen LogP contribution in [0.5, 0.6) is 0 Å². The second kappa shape index (κ2) is 9.33. The van der Waals surface area contributed by atoms with Gasteiger partial charge in [-0.2, -0.15) is 0 Å². The highest BCUT2D eigenvalue weighted by molar-refractivity contribution is 6.01. The van der Waals surface area contributed by atoms with E-state index in [9.17, 15) is 14.4 Å². The van der Waals surface area contributed by atoms with E-state index in [-0.39, 0.29) is 24.3 Å². The summed E-state index contributed by atoms with van der Waals surface area (Å²) in [6.45, 7) is 1.54. The number of rotatable bonds is 7. The maximum Gasteiger partial charge on any atom is 0.251 e. The van der Waals surface area contributed by atoms with Crippen LogP contribution in [-0.4, -0.2) is 37.5 Å². The lowest BCUT2D eigenvalue weighted by atomic mass is 10.2. The van der Waals surface area contributed by atoms with E-state index < -0.39 is 6.04 Å². The third kappa shape index (κ3) is 5.71. The molecule has 1 unspecified atom stereocenters. The topological polar surface area (TPSA) is 96.5 Å². The molecule has 136 valence electrons. The molecule has 0 bridgehead atoms. The molecule has 0 aromatic heterocycles. The molecule has 2 aromatic rings. The lowest BCUT2D eigenvalue weighted by Crippen LogP contribution is -2.41. The Hall–Kier alpha value is -3.19. The van der Waals surface area contributed by atoms with Crippen molar-refractivity contribution in [3.8, 4) is 0 Å². The minimum absolute atomic E-state index is 0.0564. The van der Waals surface area contributed by atoms with Crippen molar-refractivity contribution in [3.05, 3.63) is 60.2 Å². The molecule has 0 saturated carbocycles. The SMILES string of the molecule is COCC(=O)Nc1cccc(NC(=O)C(C)NC(=O)c2ccccc2)c1. The summed E-state index contributed by atoms with van der Waals surface area (Å²) < 4.78 is 4.75. The Morgan fingerprint density at radius 3 is 2.27 bits per heavy atom. The van der Waals surface area contributed by atoms with Gasteiger partial charge in [-0.1, -0.05) is 24.3 Å². The van der Waals surface area contributed by atoms with Gasteiger partial charge in [0.25, 0.3) is 5.91 Å². The van der Waals surface area contributed by atoms with Crippen LogP contribution in [0.15, 0.2) is 54.6 Å². The number of nitrogens with one attached hydrogen (secondary N) is 3. The Balaban J connectivity index is 1.94. The van der Waals surface area contributed by atoms with Gasteiger partial charge in [0.2, 0.25) is 11.8 Å². The van der Waals surface area contributed by atoms with E-state index in [4.69, 9.17) is 4.74 Å². The summed E-state index contributed by atoms with van der Waals surface area (Å²) in [6, 6.07) is 14.6. The van der Waals surface area contributed by atoms with Gasteiger partial charge in [-0.15, -0.1) is 0 Å². The predicted molar refractivity (Wildman–Crippen MR) is 98.9 cm³/mol. The van der Waals surface area contributed by atoms with Crippen molar-refractivity contribution in [3.63, 3.8) is 0 Å². The van der Waals surface area contributed by atoms with E-state index in [2.05, 4.69) is 16.0 Å². The van der Waals surface area contributed by atoms with Crippen LogP contribution in [0.4, 0.5) is 11.4 Å². The molecule has 0 spiro atoms. The normalized spacial score (nSPS) is 11.3. The molecule has 2 aromatic carbocycles. The first-order valence-corrected chi connectivity index (χ1v) is 8.05. The van der Waals surface area contributed by atoms with Crippen LogP contribution >= 0.6 is 0 Å². The number of ether oxygens (including phenoxy) is 1. The number of anilines is 2. The summed E-state index contributed by atoms with van der Waals surface area (Å²) in [6.07, 6.45) is 0. The quantitative estimate of drug-likeness (QED) is 0.708. The molecule has 0 aliphatic carbocycles. The van der Waals surface area contributed by atoms with Crippen molar-refractivity contribution in [2.75, 3.05) is 24.4 Å². The standard InChI is InChI=1S/C19H21N3O4/c1-13(20-19(25)14-7-4-3-5-8-14)18(24)22-16-10-6-9-15(11-16)21-17(23)12-26-2/h3-11,13H,12H2,1-2H3,(H,20,25)(H,21,23)(H,22,24). The lowest BCUT2D eigenvalue weighted by molar-refractivity contribution is -0.119. The van der Waals surface area contributed by atoms with Gasteiger partial charge in [0.1, 0.15) is 12.6 Å². The number of carbonyl (C=O) groups excluding carboxylic acids is 3. The highest BCUT2D eigenvalue weighted by atomic mass is 16.5. The van der Waals surface area contributed by atoms with Crippen LogP contribution in [-0.2, 0) is 14.3 Å². The van der Waals surface area contributed by atoms with Crippen molar-refractivity contribution in [1.82, 2.24) is 5.32 Å². The monoisotopic (exact) mass is 355 g/mol. The van der Waals surface area contributed by atoms with Gasteiger partial charge in [-0.05, 0) is 37.3 Å². The van der Waals surface area contributed by atoms with E-state index in [1.54, 1.807) is 55.5 Å². The number of amides is 3. The minimum Gasteiger partial charge on any atom is -0.375 e. The number of hydrogen-bond acceptors (Lipinski definition) is 4. The van der Waals surface area contributed by atoms with Crippen molar-refractivity contribution >= 4 is 29.1 Å². The maximum atomic E-state index is 12.3. The lowest BCUT2D eigenvalue weighted by Gasteiger charge is -2.15. The van der Waals surface area contributed by atoms with Crippen LogP contribution in [0.3, 0.4) is 0 Å². The minimum atomic E-state index is -0.727. The fourth-order valence-corrected chi connectivity index (χ4v) is 2.19. The molecular formula is C19H21N3O4. The molecule has 0 saturated heterocycles. The fourth-order valence-electron chi connectivity index (χ4n) is 2.19. The average molecular weight is 355 g/mol. The van der Waals surface area contributed by atoms with Crippen LogP contribution in [0.25, 0.3) is 0 Å². The van der Waals surface area contributed by atoms with Gasteiger partial charge in [-0.3, -0.25) is 14.4 Å². The Labute approximate surface area is 151 Å². The number of methoxy groups -OCH3 is 1. The molecular weight excluding hydrogens is 334 g/mol. The first-order valence-electron chi connectivity index (χ1n) is 8.05. The maximum absolute atomic E-state index is 12.3. The average Bonchev–Trinajstić information content (AvgIpc) is 2.62. The van der Waals surface area contributed by atoms with Gasteiger partial charge < -0.3 is 20.7 Å². The summed E-state index contributed by atoms with van der Waals surface area (Å²) >= 11 is 0. The molecule has 26 heavy (non-hydrogen) atoms. The largest absolute Gasteiger partial charge is 0.375 e. The summed E-state index contributed by atoms with van der Waals surface area (Å²) in [5.74, 6) is -0.983. The summed E-state index contributed by atoms with van der Waals surface area (Å²) in [5, 5.41) is 8.00. The third-order valence-electron chi connectivity index (χ3n) is 3.47. The summed E-state index contributed by atoms with van der Waals surface area (Å²) in [7, 11) is 1.43. The molecule has 0 aliphatic heterocycles. The number of carbonyl (C=O) groups is 3. The second-order valence-corrected chi connectivity index (χ2v) is 5.61. The smallest absolute Gasteiger partial charge is 0.251 e. The highest BCUT2D eigenvalue weighted by Crippen LogP contribution is 2.15. The number of benzene rings is 2. The Bertz CT molecular complexity index is 777. The molecule has 1 atom stereocenters. The third-order valence-corrected chi connectivity index (χ3v) is 3.47. The first kappa shape index (κ1) is 19.1. The van der Waals surface area contributed by atoms with E-state index in [0.29, 0.717) is 16.9 Å². The van der Waals surface area contributed by atoms with Crippen LogP contribution in [0.1, 0.15) is 17.3 Å². The first-order chi connectivity index (χ1) is 12.5. The van der Waals surface area contributed by atoms with E-state index in [1.807, 2.05) is 6.07 Å². The van der Waals surface area contributed by atoms with E-state index in [0.717, 1.165) is 0 Å². The Kier molecular flexibility index (Phi) is 6.87. The zero-order valence-corrected chi connectivity index (χ0v) is 14.6. The molecule has 2 rings (SSSR count). The highest BCUT2D eigenvalue weighted by Gasteiger charge is 2.16. The molecule has 0 radical (unpaired) electrons. The molecule has 7 nitrogen and oxygen atoms in total. The van der Waals surface area contributed by atoms with Gasteiger partial charge >= 0.3 is 0 Å². The van der Waals surface area contributed by atoms with Gasteiger partial charge in [0.15, 0.2) is 0 Å². The molecule has 0 aliphatic rings. The van der Waals surface area contributed by atoms with E-state index in [1.165, 1.54) is 7.11 Å². The summed E-state index contributed by atoms with van der Waals surface area (Å²) in [4.78, 5) is 35.9. The van der Waals surface area contributed by atoms with Gasteiger partial charge in [-0.25, -0.2) is 0 Å². The van der Waals surface area contributed by atoms with Crippen molar-refractivity contribution in [2.45, 2.75) is 13.0 Å². The zero-order valence-electron chi connectivity index (χ0n) is 14.6. The van der Waals surface area contributed by atoms with Gasteiger partial charge in [0.05, 0.1) is 0 Å². The van der Waals surface area contributed by atoms with Crippen LogP contribution in [0, 0.1) is 0 Å². The molecule has 3 N–H and O–H groups in total. The molecule has 0 fully saturated rings. The molecule has 7 heteroatoms. The fraction of sp³-hybridized carbons (Fsp3) is 0.211. The Morgan fingerprint density at radius 1 is 0.962 bits per heavy atom. The summed E-state index contributed by atoms with van der Waals surface area (Å²) in [5.41, 5.74) is 1.52. The number of hydrogen-bond donors (Lipinski definition) is 3.